The number of hydrogen-bond donors (Lipinski definition) is 5. The van der Waals surface area contributed by atoms with E-state index in [4.69, 9.17) is 37.0 Å². The number of carbonyl (C=O) groups excluding carboxylic acids is 7. The molecule has 104 heavy (non-hydrogen) atoms. The molecule has 0 aliphatic carbocycles. The Morgan fingerprint density at radius 1 is 0.375 bits per heavy atom. The van der Waals surface area contributed by atoms with Gasteiger partial charge < -0.3 is 73.2 Å². The summed E-state index contributed by atoms with van der Waals surface area (Å²) in [6, 6.07) is -2.01. The molecular formula is C78H144N4O20P2-2. The fraction of sp³-hybridized carbons (Fsp3) is 0.859. The zero-order valence-electron chi connectivity index (χ0n) is 65.4. The number of phosphoric ester groups is 2. The summed E-state index contributed by atoms with van der Waals surface area (Å²) in [7, 11) is -10.1. The van der Waals surface area contributed by atoms with Gasteiger partial charge in [-0.15, -0.1) is 0 Å². The third-order valence-electron chi connectivity index (χ3n) is 17.5. The molecule has 0 aliphatic rings. The monoisotopic (exact) mass is 1520 g/mol. The van der Waals surface area contributed by atoms with Crippen LogP contribution in [0.25, 0.3) is 0 Å². The summed E-state index contributed by atoms with van der Waals surface area (Å²) in [6.07, 6.45) is 43.0. The van der Waals surface area contributed by atoms with E-state index in [9.17, 15) is 57.6 Å². The van der Waals surface area contributed by atoms with Gasteiger partial charge in [0.2, 0.25) is 23.6 Å². The normalized spacial score (nSPS) is 14.3. The number of unbranched alkanes of at least 4 members (excludes halogenated alkanes) is 26. The Kier molecular flexibility index (Phi) is 68.1. The van der Waals surface area contributed by atoms with Crippen LogP contribution in [0.2, 0.25) is 0 Å². The number of carbonyl (C=O) groups is 7. The molecule has 0 rings (SSSR count). The van der Waals surface area contributed by atoms with Crippen LogP contribution < -0.4 is 31.1 Å². The highest BCUT2D eigenvalue weighted by Gasteiger charge is 2.25. The van der Waals surface area contributed by atoms with Crippen LogP contribution in [-0.4, -0.2) is 143 Å². The molecule has 0 aromatic carbocycles. The van der Waals surface area contributed by atoms with Crippen molar-refractivity contribution < 1.29 is 94.6 Å². The van der Waals surface area contributed by atoms with Crippen molar-refractivity contribution in [1.29, 1.82) is 0 Å². The zero-order valence-corrected chi connectivity index (χ0v) is 67.2. The second-order valence-corrected chi connectivity index (χ2v) is 30.4. The number of phosphoric acid groups is 2. The lowest BCUT2D eigenvalue weighted by atomic mass is 10.1. The number of aliphatic hydroxyl groups is 1. The van der Waals surface area contributed by atoms with Gasteiger partial charge in [0.1, 0.15) is 18.0 Å². The molecule has 6 unspecified atom stereocenters. The highest BCUT2D eigenvalue weighted by molar-refractivity contribution is 7.46. The molecule has 0 aromatic heterocycles. The number of hydrogen-bond acceptors (Lipinski definition) is 20. The number of allylic oxidation sites excluding steroid dienone is 4. The number of Topliss-reactive ketones (excluding diaryl/α,β-unsaturated/α-hetero) is 1. The Labute approximate surface area is 627 Å². The summed E-state index contributed by atoms with van der Waals surface area (Å²) >= 11 is 0. The molecule has 0 aliphatic heterocycles. The van der Waals surface area contributed by atoms with E-state index in [2.05, 4.69) is 87.1 Å². The Bertz CT molecular complexity index is 2320. The third-order valence-corrected chi connectivity index (χ3v) is 19.4. The van der Waals surface area contributed by atoms with E-state index in [0.29, 0.717) is 51.4 Å². The average molecular weight is 1520 g/mol. The van der Waals surface area contributed by atoms with E-state index in [1.54, 1.807) is 0 Å². The quantitative estimate of drug-likeness (QED) is 0.0124. The maximum absolute atomic E-state index is 13.6. The van der Waals surface area contributed by atoms with Gasteiger partial charge >= 0.3 is 11.9 Å². The largest absolute Gasteiger partial charge is 0.756 e. The van der Waals surface area contributed by atoms with Crippen LogP contribution >= 0.6 is 15.6 Å². The summed E-state index contributed by atoms with van der Waals surface area (Å²) in [5.74, 6) is -3.30. The van der Waals surface area contributed by atoms with Gasteiger partial charge in [-0.25, -0.2) is 0 Å². The lowest BCUT2D eigenvalue weighted by Gasteiger charge is -2.27. The van der Waals surface area contributed by atoms with Crippen molar-refractivity contribution in [3.8, 4) is 0 Å². The number of esters is 2. The average Bonchev–Trinajstić information content (AvgIpc) is 0.919. The summed E-state index contributed by atoms with van der Waals surface area (Å²) in [6.45, 7) is 9.91. The van der Waals surface area contributed by atoms with Gasteiger partial charge in [-0.05, 0) is 96.3 Å². The van der Waals surface area contributed by atoms with E-state index < -0.39 is 108 Å². The van der Waals surface area contributed by atoms with Crippen molar-refractivity contribution in [3.63, 3.8) is 0 Å². The third kappa shape index (κ3) is 67.4. The van der Waals surface area contributed by atoms with Crippen LogP contribution in [0, 0.1) is 0 Å². The van der Waals surface area contributed by atoms with Crippen molar-refractivity contribution in [2.45, 2.75) is 367 Å². The smallest absolute Gasteiger partial charge is 0.306 e. The SMILES string of the molecule is CCCCCC/C=C\CCCC(=O)OC(CCCCCCC)CCOCC(COP(=O)([O-])OCCNC(=O)CCC(=O)NCCOP(=O)([O-])OCC(COCCC(O)CCCCCCC)NC(=O)C[C@@H](CCCCCCC)OC(=O)CCC/C=C\CCCCCC)NC(=O)CC(=O)CCCCCCC. The molecule has 5 N–H and O–H groups in total. The van der Waals surface area contributed by atoms with E-state index in [1.165, 1.54) is 38.5 Å². The van der Waals surface area contributed by atoms with Gasteiger partial charge in [-0.3, -0.25) is 42.7 Å². The van der Waals surface area contributed by atoms with Crippen LogP contribution in [0.4, 0.5) is 0 Å². The second kappa shape index (κ2) is 70.7. The number of nitrogens with one attached hydrogen (secondary N) is 4. The number of aliphatic hydroxyl groups excluding tert-OH is 1. The minimum atomic E-state index is -5.04. The molecule has 0 bridgehead atoms. The van der Waals surface area contributed by atoms with E-state index in [0.717, 1.165) is 161 Å². The first-order chi connectivity index (χ1) is 50.2. The van der Waals surface area contributed by atoms with Crippen molar-refractivity contribution in [1.82, 2.24) is 21.3 Å². The predicted molar refractivity (Wildman–Crippen MR) is 406 cm³/mol. The fourth-order valence-electron chi connectivity index (χ4n) is 11.3. The summed E-state index contributed by atoms with van der Waals surface area (Å²) in [5.41, 5.74) is 0. The minimum absolute atomic E-state index is 0.122. The van der Waals surface area contributed by atoms with Crippen LogP contribution in [0.5, 0.6) is 0 Å². The standard InChI is InChI=1S/C78H146N4O20P2/c1-7-13-19-25-27-29-31-37-43-49-77(89)101-71(47-41-35-23-17-11-5)54-58-96-64-67(81-75(87)61-70(84)46-40-34-22-16-10-4)65-99-103(91,92)97-59-55-79-73(85)51-52-74(86)80-56-60-98-104(93,94)100-66-68(63-95-57-53-69(83)45-39-33-21-15-9-3)82-76(88)62-72(48-42-36-24-18-12-6)102-78(90)50-44-38-32-30-28-26-20-14-8-2/h29-32,67-69,71-72,83H,7-28,33-66H2,1-6H3,(H,79,85)(H,80,86)(H,81,87)(H,82,88)(H,91,92)(H,93,94)/p-2/b31-29-,32-30-/t67?,68?,69?,71?,72-/m1/s1. The fourth-order valence-corrected chi connectivity index (χ4v) is 12.8. The number of ketones is 1. The first-order valence-corrected chi connectivity index (χ1v) is 43.5. The van der Waals surface area contributed by atoms with Crippen molar-refractivity contribution in [2.24, 2.45) is 0 Å². The minimum Gasteiger partial charge on any atom is -0.756 e. The summed E-state index contributed by atoms with van der Waals surface area (Å²) in [5, 5.41) is 20.9. The lowest BCUT2D eigenvalue weighted by molar-refractivity contribution is -0.227. The van der Waals surface area contributed by atoms with Crippen molar-refractivity contribution in [2.75, 3.05) is 65.9 Å². The summed E-state index contributed by atoms with van der Waals surface area (Å²) < 4.78 is 69.8. The Morgan fingerprint density at radius 3 is 1.20 bits per heavy atom. The molecule has 0 aromatic rings. The van der Waals surface area contributed by atoms with Crippen molar-refractivity contribution >= 4 is 57.0 Å². The lowest BCUT2D eigenvalue weighted by Crippen LogP contribution is -2.43. The highest BCUT2D eigenvalue weighted by atomic mass is 31.2. The van der Waals surface area contributed by atoms with Crippen LogP contribution in [-0.2, 0) is 79.7 Å². The highest BCUT2D eigenvalue weighted by Crippen LogP contribution is 2.39. The van der Waals surface area contributed by atoms with E-state index >= 15 is 0 Å². The molecule has 4 amide bonds. The van der Waals surface area contributed by atoms with Crippen LogP contribution in [0.1, 0.15) is 337 Å². The Balaban J connectivity index is 5.51. The van der Waals surface area contributed by atoms with Crippen molar-refractivity contribution in [3.05, 3.63) is 24.3 Å². The predicted octanol–water partition coefficient (Wildman–Crippen LogP) is 15.2. The van der Waals surface area contributed by atoms with Gasteiger partial charge in [-0.1, -0.05) is 214 Å². The first kappa shape index (κ1) is 100. The molecule has 0 fully saturated rings. The van der Waals surface area contributed by atoms with Gasteiger partial charge in [0, 0.05) is 58.2 Å². The molecule has 0 spiro atoms. The molecule has 0 saturated carbocycles. The molecule has 24 nitrogen and oxygen atoms in total. The molecular weight excluding hydrogens is 1370 g/mol. The molecule has 0 saturated heterocycles. The van der Waals surface area contributed by atoms with Gasteiger partial charge in [0.05, 0.1) is 77.3 Å². The zero-order chi connectivity index (χ0) is 76.8. The topological polar surface area (TPSA) is 342 Å². The van der Waals surface area contributed by atoms with Crippen LogP contribution in [0.15, 0.2) is 24.3 Å². The van der Waals surface area contributed by atoms with Gasteiger partial charge in [0.15, 0.2) is 0 Å². The number of amides is 4. The number of rotatable bonds is 77. The van der Waals surface area contributed by atoms with Gasteiger partial charge in [0.25, 0.3) is 15.6 Å². The van der Waals surface area contributed by atoms with E-state index in [1.807, 2.05) is 0 Å². The van der Waals surface area contributed by atoms with Crippen LogP contribution in [0.3, 0.4) is 0 Å². The maximum Gasteiger partial charge on any atom is 0.306 e. The molecule has 608 valence electrons. The Morgan fingerprint density at radius 2 is 0.750 bits per heavy atom. The Hall–Kier alpha value is -3.93. The number of ether oxygens (including phenoxy) is 4. The first-order valence-electron chi connectivity index (χ1n) is 40.6. The second-order valence-electron chi connectivity index (χ2n) is 27.6. The maximum atomic E-state index is 13.6. The molecule has 0 heterocycles. The molecule has 7 atom stereocenters. The summed E-state index contributed by atoms with van der Waals surface area (Å²) in [4.78, 5) is 117. The molecule has 26 heteroatoms. The van der Waals surface area contributed by atoms with Gasteiger partial charge in [-0.2, -0.15) is 0 Å². The molecule has 0 radical (unpaired) electrons. The van der Waals surface area contributed by atoms with E-state index in [-0.39, 0.29) is 89.8 Å².